The van der Waals surface area contributed by atoms with Gasteiger partial charge in [-0.2, -0.15) is 10.4 Å². The first kappa shape index (κ1) is 20.7. The topological polar surface area (TPSA) is 85.2 Å². The Labute approximate surface area is 195 Å². The second kappa shape index (κ2) is 9.10. The summed E-state index contributed by atoms with van der Waals surface area (Å²) in [5.74, 6) is 1.25. The summed E-state index contributed by atoms with van der Waals surface area (Å²) in [6.45, 7) is 1.86. The van der Waals surface area contributed by atoms with Crippen molar-refractivity contribution in [3.05, 3.63) is 102 Å². The molecular weight excluding hydrogens is 430 g/mol. The van der Waals surface area contributed by atoms with Crippen LogP contribution in [0.1, 0.15) is 17.0 Å². The summed E-state index contributed by atoms with van der Waals surface area (Å²) in [5, 5.41) is 24.1. The van der Waals surface area contributed by atoms with E-state index in [1.165, 1.54) is 11.8 Å². The quantitative estimate of drug-likeness (QED) is 0.340. The molecule has 0 unspecified atom stereocenters. The molecule has 8 heteroatoms. The van der Waals surface area contributed by atoms with Crippen molar-refractivity contribution in [3.8, 4) is 28.8 Å². The molecule has 0 radical (unpaired) electrons. The van der Waals surface area contributed by atoms with Crippen LogP contribution in [0.2, 0.25) is 0 Å². The van der Waals surface area contributed by atoms with E-state index >= 15 is 0 Å². The number of pyridine rings is 1. The molecule has 0 amide bonds. The highest BCUT2D eigenvalue weighted by atomic mass is 32.2. The molecule has 0 bridgehead atoms. The van der Waals surface area contributed by atoms with Gasteiger partial charge in [0.15, 0.2) is 11.0 Å². The number of thioether (sulfide) groups is 1. The van der Waals surface area contributed by atoms with Crippen LogP contribution in [0.25, 0.3) is 22.8 Å². The molecule has 0 atom stereocenters. The molecule has 0 aliphatic heterocycles. The Morgan fingerprint density at radius 1 is 0.879 bits per heavy atom. The normalized spacial score (nSPS) is 10.8. The number of aryl methyl sites for hydroxylation is 1. The number of nitriles is 1. The molecule has 160 valence electrons. The predicted octanol–water partition coefficient (Wildman–Crippen LogP) is 4.99. The van der Waals surface area contributed by atoms with Crippen molar-refractivity contribution < 1.29 is 0 Å². The Morgan fingerprint density at radius 3 is 2.21 bits per heavy atom. The lowest BCUT2D eigenvalue weighted by Gasteiger charge is -2.11. The summed E-state index contributed by atoms with van der Waals surface area (Å²) in [6, 6.07) is 26.0. The number of hydrogen-bond donors (Lipinski definition) is 0. The van der Waals surface area contributed by atoms with Crippen molar-refractivity contribution in [2.24, 2.45) is 0 Å². The minimum Gasteiger partial charge on any atom is -0.270 e. The minimum absolute atomic E-state index is 0.514. The number of aromatic nitrogens is 6. The van der Waals surface area contributed by atoms with E-state index in [1.807, 2.05) is 89.0 Å². The van der Waals surface area contributed by atoms with Crippen LogP contribution >= 0.6 is 11.8 Å². The van der Waals surface area contributed by atoms with Crippen molar-refractivity contribution in [3.63, 3.8) is 0 Å². The van der Waals surface area contributed by atoms with Crippen molar-refractivity contribution in [1.29, 1.82) is 5.26 Å². The Balaban J connectivity index is 1.56. The molecule has 5 rings (SSSR count). The largest absolute Gasteiger partial charge is 0.270 e. The third-order valence-corrected chi connectivity index (χ3v) is 6.13. The lowest BCUT2D eigenvalue weighted by molar-refractivity contribution is 0.825. The third-order valence-electron chi connectivity index (χ3n) is 5.19. The minimum atomic E-state index is 0.514. The average molecular weight is 450 g/mol. The summed E-state index contributed by atoms with van der Waals surface area (Å²) < 4.78 is 3.87. The molecule has 0 saturated carbocycles. The molecule has 3 aromatic heterocycles. The summed E-state index contributed by atoms with van der Waals surface area (Å²) in [7, 11) is 0. The molecule has 0 fully saturated rings. The monoisotopic (exact) mass is 449 g/mol. The van der Waals surface area contributed by atoms with Crippen LogP contribution in [-0.4, -0.2) is 29.5 Å². The van der Waals surface area contributed by atoms with Crippen LogP contribution in [0, 0.1) is 18.3 Å². The van der Waals surface area contributed by atoms with Crippen LogP contribution in [-0.2, 0) is 5.75 Å². The van der Waals surface area contributed by atoms with Gasteiger partial charge in [-0.1, -0.05) is 48.2 Å². The highest BCUT2D eigenvalue weighted by molar-refractivity contribution is 7.98. The van der Waals surface area contributed by atoms with Crippen LogP contribution < -0.4 is 0 Å². The van der Waals surface area contributed by atoms with Crippen molar-refractivity contribution in [2.45, 2.75) is 17.8 Å². The Bertz CT molecular complexity index is 1420. The zero-order valence-electron chi connectivity index (χ0n) is 17.8. The Hall–Kier alpha value is -4.22. The highest BCUT2D eigenvalue weighted by Crippen LogP contribution is 2.31. The maximum absolute atomic E-state index is 9.79. The van der Waals surface area contributed by atoms with Crippen LogP contribution in [0.15, 0.2) is 90.3 Å². The van der Waals surface area contributed by atoms with Gasteiger partial charge in [-0.3, -0.25) is 9.55 Å². The number of para-hydroxylation sites is 2. The van der Waals surface area contributed by atoms with E-state index in [1.54, 1.807) is 12.4 Å². The van der Waals surface area contributed by atoms with Gasteiger partial charge in [0.25, 0.3) is 0 Å². The molecule has 2 aromatic carbocycles. The molecular formula is C25H19N7S. The molecule has 0 aliphatic carbocycles. The maximum Gasteiger partial charge on any atom is 0.196 e. The second-order valence-electron chi connectivity index (χ2n) is 7.27. The molecule has 0 aliphatic rings. The van der Waals surface area contributed by atoms with Crippen LogP contribution in [0.3, 0.4) is 0 Å². The van der Waals surface area contributed by atoms with Gasteiger partial charge in [0, 0.05) is 29.4 Å². The van der Waals surface area contributed by atoms with Crippen molar-refractivity contribution in [2.75, 3.05) is 0 Å². The number of benzene rings is 2. The zero-order chi connectivity index (χ0) is 22.6. The predicted molar refractivity (Wildman–Crippen MR) is 127 cm³/mol. The first-order valence-electron chi connectivity index (χ1n) is 10.3. The number of nitrogens with zero attached hydrogens (tertiary/aromatic N) is 7. The molecule has 0 N–H and O–H groups in total. The zero-order valence-corrected chi connectivity index (χ0v) is 18.6. The SMILES string of the molecule is Cc1nn(-c2ccccc2)c(CSc2nnc(-c3ccncc3)n2-c2ccccc2)c1C#N. The number of hydrogen-bond acceptors (Lipinski definition) is 6. The van der Waals surface area contributed by atoms with E-state index in [-0.39, 0.29) is 0 Å². The molecule has 7 nitrogen and oxygen atoms in total. The standard InChI is InChI=1S/C25H19N7S/c1-18-22(16-26)23(32(30-18)21-10-6-3-7-11-21)17-33-25-29-28-24(19-12-14-27-15-13-19)31(25)20-8-4-2-5-9-20/h2-15H,17H2,1H3. The summed E-state index contributed by atoms with van der Waals surface area (Å²) in [5.41, 5.74) is 4.94. The maximum atomic E-state index is 9.79. The van der Waals surface area contributed by atoms with E-state index in [0.29, 0.717) is 17.0 Å². The molecule has 5 aromatic rings. The van der Waals surface area contributed by atoms with Crippen LogP contribution in [0.5, 0.6) is 0 Å². The van der Waals surface area contributed by atoms with E-state index in [2.05, 4.69) is 26.3 Å². The van der Waals surface area contributed by atoms with Crippen molar-refractivity contribution >= 4 is 11.8 Å². The van der Waals surface area contributed by atoms with Gasteiger partial charge in [0.05, 0.1) is 22.6 Å². The first-order valence-corrected chi connectivity index (χ1v) is 11.3. The fraction of sp³-hybridized carbons (Fsp3) is 0.0800. The lowest BCUT2D eigenvalue weighted by Crippen LogP contribution is -2.03. The van der Waals surface area contributed by atoms with Gasteiger partial charge in [-0.25, -0.2) is 4.68 Å². The fourth-order valence-corrected chi connectivity index (χ4v) is 4.58. The van der Waals surface area contributed by atoms with Gasteiger partial charge in [-0.15, -0.1) is 10.2 Å². The number of rotatable bonds is 6. The Kier molecular flexibility index (Phi) is 5.70. The van der Waals surface area contributed by atoms with Crippen LogP contribution in [0.4, 0.5) is 0 Å². The second-order valence-corrected chi connectivity index (χ2v) is 8.21. The van der Waals surface area contributed by atoms with Gasteiger partial charge < -0.3 is 0 Å². The molecule has 0 spiro atoms. The molecule has 33 heavy (non-hydrogen) atoms. The van der Waals surface area contributed by atoms with Gasteiger partial charge in [0.2, 0.25) is 0 Å². The summed E-state index contributed by atoms with van der Waals surface area (Å²) in [4.78, 5) is 4.11. The van der Waals surface area contributed by atoms with E-state index < -0.39 is 0 Å². The summed E-state index contributed by atoms with van der Waals surface area (Å²) >= 11 is 1.52. The first-order chi connectivity index (χ1) is 16.3. The van der Waals surface area contributed by atoms with E-state index in [9.17, 15) is 5.26 Å². The third kappa shape index (κ3) is 4.02. The molecule has 0 saturated heterocycles. The average Bonchev–Trinajstić information content (AvgIpc) is 3.44. The van der Waals surface area contributed by atoms with E-state index in [0.717, 1.165) is 33.6 Å². The fourth-order valence-electron chi connectivity index (χ4n) is 3.63. The summed E-state index contributed by atoms with van der Waals surface area (Å²) in [6.07, 6.45) is 3.49. The van der Waals surface area contributed by atoms with Gasteiger partial charge >= 0.3 is 0 Å². The lowest BCUT2D eigenvalue weighted by atomic mass is 10.2. The smallest absolute Gasteiger partial charge is 0.196 e. The van der Waals surface area contributed by atoms with Gasteiger partial charge in [-0.05, 0) is 43.3 Å². The highest BCUT2D eigenvalue weighted by Gasteiger charge is 2.20. The van der Waals surface area contributed by atoms with E-state index in [4.69, 9.17) is 0 Å². The Morgan fingerprint density at radius 2 is 1.55 bits per heavy atom. The van der Waals surface area contributed by atoms with Gasteiger partial charge in [0.1, 0.15) is 6.07 Å². The molecule has 3 heterocycles. The van der Waals surface area contributed by atoms with Crippen molar-refractivity contribution in [1.82, 2.24) is 29.5 Å².